The first kappa shape index (κ1) is 18.7. The second kappa shape index (κ2) is 7.80. The van der Waals surface area contributed by atoms with Gasteiger partial charge >= 0.3 is 0 Å². The van der Waals surface area contributed by atoms with E-state index in [0.717, 1.165) is 0 Å². The highest BCUT2D eigenvalue weighted by Crippen LogP contribution is 2.33. The van der Waals surface area contributed by atoms with E-state index >= 15 is 0 Å². The van der Waals surface area contributed by atoms with Crippen LogP contribution in [-0.4, -0.2) is 42.9 Å². The molecule has 4 rings (SSSR count). The van der Waals surface area contributed by atoms with Crippen LogP contribution in [0, 0.1) is 11.7 Å². The van der Waals surface area contributed by atoms with Crippen LogP contribution in [-0.2, 0) is 0 Å². The molecule has 1 saturated heterocycles. The lowest BCUT2D eigenvalue weighted by atomic mass is 9.88. The number of carbonyl (C=O) groups is 2. The molecule has 0 atom stereocenters. The largest absolute Gasteiger partial charge is 0.486 e. The molecule has 1 fully saturated rings. The molecule has 0 bridgehead atoms. The summed E-state index contributed by atoms with van der Waals surface area (Å²) >= 11 is 6.00. The smallest absolute Gasteiger partial charge is 0.258 e. The van der Waals surface area contributed by atoms with Gasteiger partial charge in [0.15, 0.2) is 17.3 Å². The summed E-state index contributed by atoms with van der Waals surface area (Å²) in [4.78, 5) is 27.0. The van der Waals surface area contributed by atoms with Crippen LogP contribution in [0.4, 0.5) is 4.39 Å². The second-order valence-electron chi connectivity index (χ2n) is 6.89. The molecule has 146 valence electrons. The topological polar surface area (TPSA) is 55.8 Å². The minimum Gasteiger partial charge on any atom is -0.486 e. The third kappa shape index (κ3) is 3.56. The van der Waals surface area contributed by atoms with Crippen LogP contribution in [0.15, 0.2) is 36.4 Å². The van der Waals surface area contributed by atoms with E-state index < -0.39 is 11.7 Å². The number of fused-ring (bicyclic) bond motifs is 1. The monoisotopic (exact) mass is 403 g/mol. The first-order valence-corrected chi connectivity index (χ1v) is 9.59. The summed E-state index contributed by atoms with van der Waals surface area (Å²) < 4.78 is 25.0. The number of hydrogen-bond acceptors (Lipinski definition) is 4. The summed E-state index contributed by atoms with van der Waals surface area (Å²) in [5.74, 6) is -0.0140. The third-order valence-electron chi connectivity index (χ3n) is 5.16. The molecule has 0 aromatic heterocycles. The molecule has 28 heavy (non-hydrogen) atoms. The maximum atomic E-state index is 14.0. The number of hydrogen-bond donors (Lipinski definition) is 0. The molecule has 2 aliphatic heterocycles. The highest BCUT2D eigenvalue weighted by molar-refractivity contribution is 6.33. The van der Waals surface area contributed by atoms with E-state index in [2.05, 4.69) is 0 Å². The van der Waals surface area contributed by atoms with Gasteiger partial charge in [0.2, 0.25) is 0 Å². The van der Waals surface area contributed by atoms with E-state index in [9.17, 15) is 14.0 Å². The number of amides is 1. The second-order valence-corrected chi connectivity index (χ2v) is 7.29. The highest BCUT2D eigenvalue weighted by atomic mass is 35.5. The number of benzene rings is 2. The van der Waals surface area contributed by atoms with Gasteiger partial charge in [-0.15, -0.1) is 0 Å². The fourth-order valence-electron chi connectivity index (χ4n) is 3.64. The molecule has 0 aliphatic carbocycles. The van der Waals surface area contributed by atoms with E-state index in [1.165, 1.54) is 18.2 Å². The predicted molar refractivity (Wildman–Crippen MR) is 102 cm³/mol. The average Bonchev–Trinajstić information content (AvgIpc) is 2.73. The van der Waals surface area contributed by atoms with Gasteiger partial charge < -0.3 is 14.4 Å². The SMILES string of the molecule is O=C(c1ccc2c(c1)OCCO2)C1CCN(C(=O)c2c(F)cccc2Cl)CC1. The van der Waals surface area contributed by atoms with Crippen molar-refractivity contribution in [2.24, 2.45) is 5.92 Å². The first-order valence-electron chi connectivity index (χ1n) is 9.22. The van der Waals surface area contributed by atoms with Crippen LogP contribution < -0.4 is 9.47 Å². The molecule has 1 amide bonds. The van der Waals surface area contributed by atoms with Crippen molar-refractivity contribution in [2.45, 2.75) is 12.8 Å². The zero-order valence-corrected chi connectivity index (χ0v) is 15.9. The van der Waals surface area contributed by atoms with Gasteiger partial charge in [-0.2, -0.15) is 0 Å². The van der Waals surface area contributed by atoms with Crippen molar-refractivity contribution in [1.29, 1.82) is 0 Å². The fraction of sp³-hybridized carbons (Fsp3) is 0.333. The maximum absolute atomic E-state index is 14.0. The number of rotatable bonds is 3. The number of piperidine rings is 1. The van der Waals surface area contributed by atoms with E-state index in [0.29, 0.717) is 56.2 Å². The molecule has 5 nitrogen and oxygen atoms in total. The van der Waals surface area contributed by atoms with Crippen molar-refractivity contribution in [3.8, 4) is 11.5 Å². The summed E-state index contributed by atoms with van der Waals surface area (Å²) in [5.41, 5.74) is 0.465. The molecule has 2 aromatic carbocycles. The van der Waals surface area contributed by atoms with E-state index in [-0.39, 0.29) is 22.3 Å². The van der Waals surface area contributed by atoms with Crippen molar-refractivity contribution in [3.05, 3.63) is 58.4 Å². The first-order chi connectivity index (χ1) is 13.5. The number of ketones is 1. The lowest BCUT2D eigenvalue weighted by Gasteiger charge is -2.31. The Bertz CT molecular complexity index is 904. The summed E-state index contributed by atoms with van der Waals surface area (Å²) in [6.07, 6.45) is 1.04. The molecule has 2 aliphatic rings. The molecule has 0 spiro atoms. The highest BCUT2D eigenvalue weighted by Gasteiger charge is 2.30. The van der Waals surface area contributed by atoms with Crippen LogP contribution in [0.1, 0.15) is 33.6 Å². The Balaban J connectivity index is 1.43. The van der Waals surface area contributed by atoms with Crippen LogP contribution in [0.25, 0.3) is 0 Å². The van der Waals surface area contributed by atoms with Crippen LogP contribution in [0.3, 0.4) is 0 Å². The fourth-order valence-corrected chi connectivity index (χ4v) is 3.88. The predicted octanol–water partition coefficient (Wildman–Crippen LogP) is 3.99. The Labute approximate surface area is 167 Å². The van der Waals surface area contributed by atoms with Crippen LogP contribution in [0.2, 0.25) is 5.02 Å². The Morgan fingerprint density at radius 3 is 2.46 bits per heavy atom. The molecule has 2 heterocycles. The molecule has 0 saturated carbocycles. The summed E-state index contributed by atoms with van der Waals surface area (Å²) in [6, 6.07) is 9.39. The summed E-state index contributed by atoms with van der Waals surface area (Å²) in [6.45, 7) is 1.72. The van der Waals surface area contributed by atoms with Crippen molar-refractivity contribution >= 4 is 23.3 Å². The number of carbonyl (C=O) groups excluding carboxylic acids is 2. The summed E-state index contributed by atoms with van der Waals surface area (Å²) in [7, 11) is 0. The Morgan fingerprint density at radius 2 is 1.75 bits per heavy atom. The average molecular weight is 404 g/mol. The normalized spacial score (nSPS) is 16.7. The number of ether oxygens (including phenoxy) is 2. The third-order valence-corrected chi connectivity index (χ3v) is 5.47. The zero-order chi connectivity index (χ0) is 19.7. The quantitative estimate of drug-likeness (QED) is 0.727. The Morgan fingerprint density at radius 1 is 1.04 bits per heavy atom. The van der Waals surface area contributed by atoms with Gasteiger partial charge in [0, 0.05) is 24.6 Å². The standard InChI is InChI=1S/C21H19ClFNO4/c22-15-2-1-3-16(23)19(15)21(26)24-8-6-13(7-9-24)20(25)14-4-5-17-18(12-14)28-11-10-27-17/h1-5,12-13H,6-11H2. The Hall–Kier alpha value is -2.60. The van der Waals surface area contributed by atoms with Gasteiger partial charge in [0.25, 0.3) is 5.91 Å². The van der Waals surface area contributed by atoms with Crippen LogP contribution >= 0.6 is 11.6 Å². The molecule has 0 unspecified atom stereocenters. The molecular formula is C21H19ClFNO4. The molecule has 2 aromatic rings. The minimum atomic E-state index is -0.632. The van der Waals surface area contributed by atoms with Gasteiger partial charge in [-0.1, -0.05) is 17.7 Å². The number of nitrogens with zero attached hydrogens (tertiary/aromatic N) is 1. The lowest BCUT2D eigenvalue weighted by molar-refractivity contribution is 0.0646. The number of Topliss-reactive ketones (excluding diaryl/α,β-unsaturated/α-hetero) is 1. The van der Waals surface area contributed by atoms with Gasteiger partial charge in [-0.25, -0.2) is 4.39 Å². The van der Waals surface area contributed by atoms with E-state index in [1.54, 1.807) is 23.1 Å². The van der Waals surface area contributed by atoms with Gasteiger partial charge in [0.05, 0.1) is 10.6 Å². The molecule has 0 N–H and O–H groups in total. The number of likely N-dealkylation sites (tertiary alicyclic amines) is 1. The van der Waals surface area contributed by atoms with Crippen molar-refractivity contribution in [2.75, 3.05) is 26.3 Å². The molecular weight excluding hydrogens is 385 g/mol. The van der Waals surface area contributed by atoms with Gasteiger partial charge in [-0.3, -0.25) is 9.59 Å². The molecule has 0 radical (unpaired) electrons. The van der Waals surface area contributed by atoms with Gasteiger partial charge in [0.1, 0.15) is 19.0 Å². The van der Waals surface area contributed by atoms with Crippen molar-refractivity contribution < 1.29 is 23.5 Å². The van der Waals surface area contributed by atoms with Gasteiger partial charge in [-0.05, 0) is 43.2 Å². The lowest BCUT2D eigenvalue weighted by Crippen LogP contribution is -2.40. The van der Waals surface area contributed by atoms with E-state index in [4.69, 9.17) is 21.1 Å². The Kier molecular flexibility index (Phi) is 5.22. The maximum Gasteiger partial charge on any atom is 0.258 e. The van der Waals surface area contributed by atoms with Crippen molar-refractivity contribution in [1.82, 2.24) is 4.90 Å². The summed E-state index contributed by atoms with van der Waals surface area (Å²) in [5, 5.41) is 0.0967. The van der Waals surface area contributed by atoms with Crippen molar-refractivity contribution in [3.63, 3.8) is 0 Å². The minimum absolute atomic E-state index is 0.0213. The number of halogens is 2. The van der Waals surface area contributed by atoms with E-state index in [1.807, 2.05) is 0 Å². The van der Waals surface area contributed by atoms with Crippen LogP contribution in [0.5, 0.6) is 11.5 Å². The molecule has 7 heteroatoms. The zero-order valence-electron chi connectivity index (χ0n) is 15.1.